The highest BCUT2D eigenvalue weighted by atomic mass is 16.3. The largest absolute Gasteiger partial charge is 0.456 e. The maximum Gasteiger partial charge on any atom is 0.165 e. The maximum atomic E-state index is 6.38. The van der Waals surface area contributed by atoms with Crippen molar-refractivity contribution in [2.75, 3.05) is 0 Å². The first-order chi connectivity index (χ1) is 24.3. The van der Waals surface area contributed by atoms with Crippen molar-refractivity contribution in [3.63, 3.8) is 0 Å². The van der Waals surface area contributed by atoms with Crippen LogP contribution in [0.2, 0.25) is 0 Å². The fourth-order valence-electron chi connectivity index (χ4n) is 6.99. The normalized spacial score (nSPS) is 11.7. The number of hydrogen-bond acceptors (Lipinski definition) is 5. The number of fused-ring (bicyclic) bond motifs is 8. The van der Waals surface area contributed by atoms with Crippen LogP contribution in [0.5, 0.6) is 0 Å². The van der Waals surface area contributed by atoms with Crippen molar-refractivity contribution in [3.8, 4) is 45.3 Å². The van der Waals surface area contributed by atoms with Gasteiger partial charge in [-0.3, -0.25) is 4.98 Å². The quantitative estimate of drug-likeness (QED) is 0.182. The summed E-state index contributed by atoms with van der Waals surface area (Å²) >= 11 is 0. The molecular formula is C44H26N4O. The number of rotatable bonds is 4. The zero-order chi connectivity index (χ0) is 32.3. The summed E-state index contributed by atoms with van der Waals surface area (Å²) in [5.74, 6) is 1.73. The van der Waals surface area contributed by atoms with E-state index in [-0.39, 0.29) is 0 Å². The highest BCUT2D eigenvalue weighted by molar-refractivity contribution is 6.20. The predicted octanol–water partition coefficient (Wildman–Crippen LogP) is 11.3. The number of benzene rings is 7. The summed E-state index contributed by atoms with van der Waals surface area (Å²) in [6, 6.07) is 52.1. The second kappa shape index (κ2) is 10.9. The van der Waals surface area contributed by atoms with Gasteiger partial charge in [-0.25, -0.2) is 15.0 Å². The van der Waals surface area contributed by atoms with E-state index in [0.717, 1.165) is 60.7 Å². The van der Waals surface area contributed by atoms with E-state index in [2.05, 4.69) is 97.1 Å². The van der Waals surface area contributed by atoms with Crippen molar-refractivity contribution in [2.24, 2.45) is 0 Å². The Balaban J connectivity index is 1.22. The third-order valence-corrected chi connectivity index (χ3v) is 9.34. The molecule has 0 unspecified atom stereocenters. The zero-order valence-electron chi connectivity index (χ0n) is 26.2. The van der Waals surface area contributed by atoms with Crippen LogP contribution in [0.15, 0.2) is 162 Å². The van der Waals surface area contributed by atoms with Crippen LogP contribution in [-0.2, 0) is 0 Å². The molecule has 0 aliphatic rings. The van der Waals surface area contributed by atoms with Gasteiger partial charge in [0.15, 0.2) is 17.5 Å². The first-order valence-electron chi connectivity index (χ1n) is 16.3. The predicted molar refractivity (Wildman–Crippen MR) is 199 cm³/mol. The van der Waals surface area contributed by atoms with Crippen LogP contribution in [0, 0.1) is 0 Å². The van der Waals surface area contributed by atoms with E-state index >= 15 is 0 Å². The number of nitrogens with zero attached hydrogens (tertiary/aromatic N) is 4. The molecule has 0 aliphatic carbocycles. The van der Waals surface area contributed by atoms with E-state index in [1.165, 1.54) is 21.5 Å². The van der Waals surface area contributed by atoms with Crippen LogP contribution in [0.25, 0.3) is 99.7 Å². The Kier molecular flexibility index (Phi) is 6.11. The maximum absolute atomic E-state index is 6.38. The first-order valence-corrected chi connectivity index (χ1v) is 16.3. The Morgan fingerprint density at radius 1 is 0.388 bits per heavy atom. The van der Waals surface area contributed by atoms with Crippen molar-refractivity contribution >= 4 is 54.4 Å². The molecule has 228 valence electrons. The van der Waals surface area contributed by atoms with E-state index in [9.17, 15) is 0 Å². The highest BCUT2D eigenvalue weighted by Gasteiger charge is 2.19. The van der Waals surface area contributed by atoms with Crippen LogP contribution in [-0.4, -0.2) is 19.9 Å². The second-order valence-electron chi connectivity index (χ2n) is 12.3. The molecule has 0 amide bonds. The van der Waals surface area contributed by atoms with Gasteiger partial charge in [-0.1, -0.05) is 121 Å². The van der Waals surface area contributed by atoms with Gasteiger partial charge in [0, 0.05) is 39.0 Å². The van der Waals surface area contributed by atoms with E-state index in [0.29, 0.717) is 17.5 Å². The number of hydrogen-bond donors (Lipinski definition) is 0. The Hall–Kier alpha value is -6.72. The monoisotopic (exact) mass is 626 g/mol. The molecule has 49 heavy (non-hydrogen) atoms. The molecule has 5 heteroatoms. The third-order valence-electron chi connectivity index (χ3n) is 9.34. The summed E-state index contributed by atoms with van der Waals surface area (Å²) < 4.78 is 6.38. The minimum absolute atomic E-state index is 0.560. The van der Waals surface area contributed by atoms with Crippen LogP contribution in [0.1, 0.15) is 0 Å². The molecule has 0 saturated heterocycles. The van der Waals surface area contributed by atoms with E-state index in [4.69, 9.17) is 24.4 Å². The average molecular weight is 627 g/mol. The molecule has 0 atom stereocenters. The molecule has 0 saturated carbocycles. The van der Waals surface area contributed by atoms with Crippen LogP contribution >= 0.6 is 0 Å². The molecule has 0 N–H and O–H groups in total. The second-order valence-corrected chi connectivity index (χ2v) is 12.3. The van der Waals surface area contributed by atoms with E-state index in [1.54, 1.807) is 0 Å². The molecule has 0 bridgehead atoms. The molecule has 0 radical (unpaired) electrons. The fourth-order valence-corrected chi connectivity index (χ4v) is 6.99. The standard InChI is InChI=1S/C44H26N4O/c1-3-10-27(11-4-1)31-21-23-38-36(24-31)41-34(16-9-17-39(41)49-38)44-47-42(30-13-5-2-6-14-30)46-43(48-44)32-25-35-37(45-26-32)22-20-29-19-18-28-12-7-8-15-33(28)40(29)35/h1-26H. The lowest BCUT2D eigenvalue weighted by Gasteiger charge is -2.11. The van der Waals surface area contributed by atoms with Crippen molar-refractivity contribution in [1.29, 1.82) is 0 Å². The van der Waals surface area contributed by atoms with Gasteiger partial charge in [-0.2, -0.15) is 0 Å². The Morgan fingerprint density at radius 3 is 1.94 bits per heavy atom. The molecule has 5 nitrogen and oxygen atoms in total. The molecule has 0 fully saturated rings. The first kappa shape index (κ1) is 27.4. The Morgan fingerprint density at radius 2 is 1.08 bits per heavy atom. The van der Waals surface area contributed by atoms with Gasteiger partial charge in [-0.15, -0.1) is 0 Å². The van der Waals surface area contributed by atoms with Gasteiger partial charge in [0.1, 0.15) is 11.2 Å². The molecule has 7 aromatic carbocycles. The lowest BCUT2D eigenvalue weighted by Crippen LogP contribution is -2.01. The van der Waals surface area contributed by atoms with Gasteiger partial charge in [-0.05, 0) is 63.0 Å². The summed E-state index contributed by atoms with van der Waals surface area (Å²) in [5, 5.41) is 7.77. The van der Waals surface area contributed by atoms with Crippen LogP contribution in [0.4, 0.5) is 0 Å². The summed E-state index contributed by atoms with van der Waals surface area (Å²) in [6.07, 6.45) is 1.87. The average Bonchev–Trinajstić information content (AvgIpc) is 3.56. The molecule has 0 aliphatic heterocycles. The Labute approximate surface area is 281 Å². The molecule has 10 rings (SSSR count). The Bertz CT molecular complexity index is 2870. The van der Waals surface area contributed by atoms with E-state index in [1.807, 2.05) is 60.8 Å². The van der Waals surface area contributed by atoms with Crippen molar-refractivity contribution in [2.45, 2.75) is 0 Å². The van der Waals surface area contributed by atoms with Gasteiger partial charge in [0.2, 0.25) is 0 Å². The molecule has 3 heterocycles. The smallest absolute Gasteiger partial charge is 0.165 e. The lowest BCUT2D eigenvalue weighted by atomic mass is 9.97. The van der Waals surface area contributed by atoms with Crippen LogP contribution < -0.4 is 0 Å². The fraction of sp³-hybridized carbons (Fsp3) is 0. The summed E-state index contributed by atoms with van der Waals surface area (Å²) in [5.41, 5.74) is 7.41. The zero-order valence-corrected chi connectivity index (χ0v) is 26.2. The highest BCUT2D eigenvalue weighted by Crippen LogP contribution is 2.39. The summed E-state index contributed by atoms with van der Waals surface area (Å²) in [4.78, 5) is 20.2. The van der Waals surface area contributed by atoms with Crippen molar-refractivity contribution in [3.05, 3.63) is 158 Å². The minimum Gasteiger partial charge on any atom is -0.456 e. The molecule has 0 spiro atoms. The van der Waals surface area contributed by atoms with Crippen molar-refractivity contribution < 1.29 is 4.42 Å². The van der Waals surface area contributed by atoms with Gasteiger partial charge in [0.25, 0.3) is 0 Å². The molecule has 10 aromatic rings. The van der Waals surface area contributed by atoms with Gasteiger partial charge >= 0.3 is 0 Å². The number of furan rings is 1. The number of pyridine rings is 1. The summed E-state index contributed by atoms with van der Waals surface area (Å²) in [6.45, 7) is 0. The van der Waals surface area contributed by atoms with Gasteiger partial charge in [0.05, 0.1) is 5.52 Å². The van der Waals surface area contributed by atoms with Crippen LogP contribution in [0.3, 0.4) is 0 Å². The lowest BCUT2D eigenvalue weighted by molar-refractivity contribution is 0.669. The minimum atomic E-state index is 0.560. The molecule has 3 aromatic heterocycles. The SMILES string of the molecule is c1ccc(-c2ccc3oc4cccc(-c5nc(-c6ccccc6)nc(-c6cnc7ccc8ccc9ccccc9c8c7c6)n5)c4c3c2)cc1. The molecular weight excluding hydrogens is 601 g/mol. The van der Waals surface area contributed by atoms with E-state index < -0.39 is 0 Å². The number of aromatic nitrogens is 4. The summed E-state index contributed by atoms with van der Waals surface area (Å²) in [7, 11) is 0. The van der Waals surface area contributed by atoms with Crippen molar-refractivity contribution in [1.82, 2.24) is 19.9 Å². The topological polar surface area (TPSA) is 64.7 Å². The third kappa shape index (κ3) is 4.55. The van der Waals surface area contributed by atoms with Gasteiger partial charge < -0.3 is 4.42 Å².